The lowest BCUT2D eigenvalue weighted by Crippen LogP contribution is -2.37. The smallest absolute Gasteiger partial charge is 0.335 e. The second kappa shape index (κ2) is 11.9. The van der Waals surface area contributed by atoms with E-state index in [0.29, 0.717) is 34.1 Å². The SMILES string of the molecule is O=C(O)c1ccccc1CCCCCc1ccccc1N(S(=O)(=O)c1ccccc1)S(=O)(=O)c1cccs1. The van der Waals surface area contributed by atoms with Crippen molar-refractivity contribution in [1.82, 2.24) is 0 Å². The fourth-order valence-corrected chi connectivity index (χ4v) is 9.20. The number of thiophene rings is 1. The van der Waals surface area contributed by atoms with Crippen LogP contribution in [0.25, 0.3) is 0 Å². The van der Waals surface area contributed by atoms with Crippen molar-refractivity contribution in [3.63, 3.8) is 0 Å². The van der Waals surface area contributed by atoms with E-state index in [1.165, 1.54) is 24.3 Å². The number of aryl methyl sites for hydroxylation is 2. The van der Waals surface area contributed by atoms with Crippen molar-refractivity contribution in [1.29, 1.82) is 0 Å². The fraction of sp³-hybridized carbons (Fsp3) is 0.179. The first-order valence-electron chi connectivity index (χ1n) is 12.0. The third-order valence-corrected chi connectivity index (χ3v) is 11.6. The molecule has 1 N–H and O–H groups in total. The number of nitrogens with zero attached hydrogens (tertiary/aromatic N) is 1. The predicted octanol–water partition coefficient (Wildman–Crippen LogP) is 5.99. The maximum Gasteiger partial charge on any atom is 0.335 e. The Morgan fingerprint density at radius 3 is 1.95 bits per heavy atom. The maximum atomic E-state index is 13.8. The van der Waals surface area contributed by atoms with Gasteiger partial charge in [-0.15, -0.1) is 11.3 Å². The molecular formula is C28H27NO6S3. The highest BCUT2D eigenvalue weighted by molar-refractivity contribution is 8.11. The lowest BCUT2D eigenvalue weighted by Gasteiger charge is -2.25. The molecule has 0 unspecified atom stereocenters. The van der Waals surface area contributed by atoms with Crippen molar-refractivity contribution in [2.75, 3.05) is 3.71 Å². The Labute approximate surface area is 227 Å². The van der Waals surface area contributed by atoms with E-state index >= 15 is 0 Å². The molecule has 38 heavy (non-hydrogen) atoms. The molecule has 0 spiro atoms. The molecule has 4 rings (SSSR count). The topological polar surface area (TPSA) is 109 Å². The lowest BCUT2D eigenvalue weighted by atomic mass is 9.99. The van der Waals surface area contributed by atoms with Crippen LogP contribution in [0.5, 0.6) is 0 Å². The number of sulfonamides is 2. The number of rotatable bonds is 12. The second-order valence-corrected chi connectivity index (χ2v) is 13.6. The van der Waals surface area contributed by atoms with Crippen LogP contribution in [0.15, 0.2) is 105 Å². The van der Waals surface area contributed by atoms with Crippen molar-refractivity contribution in [2.45, 2.75) is 41.2 Å². The number of carboxylic acids is 1. The first-order chi connectivity index (χ1) is 18.2. The Balaban J connectivity index is 1.59. The quantitative estimate of drug-likeness (QED) is 0.210. The molecule has 198 valence electrons. The fourth-order valence-electron chi connectivity index (χ4n) is 4.22. The van der Waals surface area contributed by atoms with E-state index < -0.39 is 26.0 Å². The third kappa shape index (κ3) is 5.98. The van der Waals surface area contributed by atoms with Crippen molar-refractivity contribution in [3.05, 3.63) is 113 Å². The van der Waals surface area contributed by atoms with Gasteiger partial charge in [0.15, 0.2) is 0 Å². The molecule has 10 heteroatoms. The first kappa shape index (κ1) is 27.6. The van der Waals surface area contributed by atoms with Gasteiger partial charge in [0.1, 0.15) is 4.21 Å². The zero-order valence-electron chi connectivity index (χ0n) is 20.4. The Kier molecular flexibility index (Phi) is 8.65. The molecular weight excluding hydrogens is 543 g/mol. The van der Waals surface area contributed by atoms with E-state index in [2.05, 4.69) is 0 Å². The van der Waals surface area contributed by atoms with Gasteiger partial charge in [0.05, 0.1) is 16.1 Å². The number of hydrogen-bond donors (Lipinski definition) is 1. The van der Waals surface area contributed by atoms with Gasteiger partial charge in [0.25, 0.3) is 20.0 Å². The summed E-state index contributed by atoms with van der Waals surface area (Å²) < 4.78 is 55.4. The maximum absolute atomic E-state index is 13.8. The predicted molar refractivity (Wildman–Crippen MR) is 149 cm³/mol. The minimum Gasteiger partial charge on any atom is -0.478 e. The van der Waals surface area contributed by atoms with E-state index in [-0.39, 0.29) is 14.8 Å². The molecule has 7 nitrogen and oxygen atoms in total. The molecule has 0 aliphatic carbocycles. The molecule has 0 fully saturated rings. The van der Waals surface area contributed by atoms with Crippen molar-refractivity contribution < 1.29 is 26.7 Å². The summed E-state index contributed by atoms with van der Waals surface area (Å²) in [6.45, 7) is 0. The Morgan fingerprint density at radius 1 is 0.684 bits per heavy atom. The summed E-state index contributed by atoms with van der Waals surface area (Å²) in [5.74, 6) is -0.957. The summed E-state index contributed by atoms with van der Waals surface area (Å²) in [6, 6.07) is 24.0. The van der Waals surface area contributed by atoms with Gasteiger partial charge in [-0.2, -0.15) is 12.1 Å². The highest BCUT2D eigenvalue weighted by atomic mass is 32.3. The summed E-state index contributed by atoms with van der Waals surface area (Å²) >= 11 is 0.960. The number of benzene rings is 3. The van der Waals surface area contributed by atoms with Gasteiger partial charge in [-0.05, 0) is 72.5 Å². The highest BCUT2D eigenvalue weighted by Crippen LogP contribution is 2.35. The average molecular weight is 570 g/mol. The van der Waals surface area contributed by atoms with E-state index in [9.17, 15) is 26.7 Å². The number of carboxylic acid groups (broad SMARTS) is 1. The van der Waals surface area contributed by atoms with Crippen molar-refractivity contribution in [3.8, 4) is 0 Å². The van der Waals surface area contributed by atoms with Gasteiger partial charge < -0.3 is 5.11 Å². The molecule has 0 radical (unpaired) electrons. The molecule has 0 bridgehead atoms. The molecule has 0 aliphatic rings. The van der Waals surface area contributed by atoms with Gasteiger partial charge in [-0.25, -0.2) is 13.2 Å². The van der Waals surface area contributed by atoms with Crippen LogP contribution >= 0.6 is 11.3 Å². The minimum atomic E-state index is -4.45. The van der Waals surface area contributed by atoms with Crippen molar-refractivity contribution >= 4 is 43.0 Å². The van der Waals surface area contributed by atoms with Crippen LogP contribution in [-0.2, 0) is 32.9 Å². The zero-order valence-corrected chi connectivity index (χ0v) is 22.9. The van der Waals surface area contributed by atoms with Crippen LogP contribution in [0, 0.1) is 0 Å². The minimum absolute atomic E-state index is 0.0658. The van der Waals surface area contributed by atoms with Gasteiger partial charge in [-0.3, -0.25) is 0 Å². The highest BCUT2D eigenvalue weighted by Gasteiger charge is 2.38. The second-order valence-electron chi connectivity index (χ2n) is 8.60. The number of unbranched alkanes of at least 4 members (excludes halogenated alkanes) is 2. The molecule has 0 saturated carbocycles. The summed E-state index contributed by atoms with van der Waals surface area (Å²) in [7, 11) is -8.86. The van der Waals surface area contributed by atoms with Crippen LogP contribution in [0.2, 0.25) is 0 Å². The largest absolute Gasteiger partial charge is 0.478 e. The molecule has 0 amide bonds. The van der Waals surface area contributed by atoms with E-state index in [0.717, 1.165) is 29.7 Å². The summed E-state index contributed by atoms with van der Waals surface area (Å²) in [4.78, 5) is 11.3. The van der Waals surface area contributed by atoms with Crippen LogP contribution in [0.4, 0.5) is 5.69 Å². The van der Waals surface area contributed by atoms with E-state index in [4.69, 9.17) is 0 Å². The lowest BCUT2D eigenvalue weighted by molar-refractivity contribution is 0.0695. The Bertz CT molecular complexity index is 1600. The molecule has 0 aliphatic heterocycles. The molecule has 4 aromatic rings. The Morgan fingerprint density at radius 2 is 1.29 bits per heavy atom. The van der Waals surface area contributed by atoms with Gasteiger partial charge in [0, 0.05) is 0 Å². The van der Waals surface area contributed by atoms with E-state index in [1.807, 2.05) is 6.07 Å². The summed E-state index contributed by atoms with van der Waals surface area (Å²) in [5.41, 5.74) is 1.75. The standard InChI is InChI=1S/C28H27NO6S3/c30-28(31)25-18-9-7-13-22(25)12-3-1-4-14-23-15-8-10-19-26(23)29(38(34,35)27-20-11-21-36-27)37(32,33)24-16-5-2-6-17-24/h2,5-11,13,15-21H,1,3-4,12,14H2,(H,30,31). The molecule has 0 atom stereocenters. The molecule has 3 aromatic carbocycles. The number of aromatic carboxylic acids is 1. The first-order valence-corrected chi connectivity index (χ1v) is 15.8. The number of carbonyl (C=O) groups is 1. The summed E-state index contributed by atoms with van der Waals surface area (Å²) in [6.07, 6.45) is 3.23. The van der Waals surface area contributed by atoms with Crippen LogP contribution in [0.1, 0.15) is 40.7 Å². The van der Waals surface area contributed by atoms with Crippen LogP contribution in [0.3, 0.4) is 0 Å². The molecule has 0 saturated heterocycles. The Hall–Kier alpha value is -3.47. The molecule has 1 aromatic heterocycles. The van der Waals surface area contributed by atoms with Crippen LogP contribution < -0.4 is 3.71 Å². The zero-order chi connectivity index (χ0) is 27.2. The number of anilines is 1. The number of hydrogen-bond acceptors (Lipinski definition) is 6. The monoisotopic (exact) mass is 569 g/mol. The van der Waals surface area contributed by atoms with Gasteiger partial charge in [-0.1, -0.05) is 67.1 Å². The normalized spacial score (nSPS) is 11.8. The number of para-hydroxylation sites is 1. The average Bonchev–Trinajstić information content (AvgIpc) is 3.46. The third-order valence-electron chi connectivity index (χ3n) is 6.06. The van der Waals surface area contributed by atoms with Gasteiger partial charge in [0.2, 0.25) is 0 Å². The van der Waals surface area contributed by atoms with E-state index in [1.54, 1.807) is 66.0 Å². The van der Waals surface area contributed by atoms with Crippen molar-refractivity contribution in [2.24, 2.45) is 0 Å². The molecule has 1 heterocycles. The van der Waals surface area contributed by atoms with Gasteiger partial charge >= 0.3 is 5.97 Å². The van der Waals surface area contributed by atoms with Crippen LogP contribution in [-0.4, -0.2) is 27.9 Å². The summed E-state index contributed by atoms with van der Waals surface area (Å²) in [5, 5.41) is 11.0.